The van der Waals surface area contributed by atoms with Crippen molar-refractivity contribution < 1.29 is 9.90 Å². The SMILES string of the molecule is Cl.Cl.O=C(C1CC(O)CN1)N1CCN2CCCC2C1. The van der Waals surface area contributed by atoms with Gasteiger partial charge in [0.05, 0.1) is 12.1 Å². The lowest BCUT2D eigenvalue weighted by Crippen LogP contribution is -2.55. The lowest BCUT2D eigenvalue weighted by Gasteiger charge is -2.38. The Morgan fingerprint density at radius 1 is 1.21 bits per heavy atom. The minimum Gasteiger partial charge on any atom is -0.392 e. The van der Waals surface area contributed by atoms with Crippen LogP contribution in [0.15, 0.2) is 0 Å². The van der Waals surface area contributed by atoms with Crippen molar-refractivity contribution in [2.75, 3.05) is 32.7 Å². The molecule has 0 saturated carbocycles. The number of β-amino-alcohol motifs (C(OH)–C–C–N with tert-alkyl or cyclic N) is 1. The zero-order valence-electron chi connectivity index (χ0n) is 11.0. The molecular weight excluding hydrogens is 289 g/mol. The number of halogens is 2. The second kappa shape index (κ2) is 7.09. The monoisotopic (exact) mass is 311 g/mol. The van der Waals surface area contributed by atoms with E-state index in [9.17, 15) is 9.90 Å². The van der Waals surface area contributed by atoms with Crippen molar-refractivity contribution in [3.05, 3.63) is 0 Å². The molecule has 3 rings (SSSR count). The highest BCUT2D eigenvalue weighted by molar-refractivity contribution is 5.85. The molecule has 5 nitrogen and oxygen atoms in total. The molecule has 3 saturated heterocycles. The van der Waals surface area contributed by atoms with Crippen molar-refractivity contribution in [2.45, 2.75) is 37.5 Å². The van der Waals surface area contributed by atoms with E-state index in [0.717, 1.165) is 19.6 Å². The second-order valence-corrected chi connectivity index (χ2v) is 5.47. The second-order valence-electron chi connectivity index (χ2n) is 5.47. The molecule has 7 heteroatoms. The number of nitrogens with one attached hydrogen (secondary N) is 1. The minimum atomic E-state index is -0.350. The van der Waals surface area contributed by atoms with E-state index in [0.29, 0.717) is 19.0 Å². The fourth-order valence-electron chi connectivity index (χ4n) is 3.32. The molecule has 3 aliphatic rings. The number of aliphatic hydroxyl groups is 1. The number of rotatable bonds is 1. The van der Waals surface area contributed by atoms with Gasteiger partial charge in [-0.05, 0) is 25.8 Å². The molecule has 112 valence electrons. The van der Waals surface area contributed by atoms with Crippen LogP contribution in [0, 0.1) is 0 Å². The van der Waals surface area contributed by atoms with Crippen molar-refractivity contribution >= 4 is 30.7 Å². The zero-order chi connectivity index (χ0) is 11.8. The molecule has 0 bridgehead atoms. The first-order valence-corrected chi connectivity index (χ1v) is 6.68. The molecule has 3 fully saturated rings. The van der Waals surface area contributed by atoms with Crippen molar-refractivity contribution in [1.82, 2.24) is 15.1 Å². The normalized spacial score (nSPS) is 34.4. The van der Waals surface area contributed by atoms with Crippen molar-refractivity contribution in [3.8, 4) is 0 Å². The van der Waals surface area contributed by atoms with Crippen LogP contribution >= 0.6 is 24.8 Å². The third kappa shape index (κ3) is 3.52. The summed E-state index contributed by atoms with van der Waals surface area (Å²) in [6, 6.07) is 0.428. The van der Waals surface area contributed by atoms with Crippen LogP contribution in [-0.2, 0) is 4.79 Å². The summed E-state index contributed by atoms with van der Waals surface area (Å²) in [6.45, 7) is 4.51. The summed E-state index contributed by atoms with van der Waals surface area (Å²) in [5.41, 5.74) is 0. The van der Waals surface area contributed by atoms with Crippen LogP contribution in [0.2, 0.25) is 0 Å². The molecule has 3 unspecified atom stereocenters. The summed E-state index contributed by atoms with van der Waals surface area (Å²) in [7, 11) is 0. The molecule has 19 heavy (non-hydrogen) atoms. The van der Waals surface area contributed by atoms with Gasteiger partial charge in [0, 0.05) is 32.2 Å². The van der Waals surface area contributed by atoms with E-state index in [4.69, 9.17) is 0 Å². The van der Waals surface area contributed by atoms with Crippen LogP contribution in [0.3, 0.4) is 0 Å². The minimum absolute atomic E-state index is 0. The highest BCUT2D eigenvalue weighted by Gasteiger charge is 2.36. The number of fused-ring (bicyclic) bond motifs is 1. The van der Waals surface area contributed by atoms with Gasteiger partial charge in [-0.1, -0.05) is 0 Å². The first-order chi connectivity index (χ1) is 8.24. The van der Waals surface area contributed by atoms with E-state index in [-0.39, 0.29) is 42.9 Å². The predicted molar refractivity (Wildman–Crippen MR) is 78.1 cm³/mol. The Morgan fingerprint density at radius 3 is 2.68 bits per heavy atom. The van der Waals surface area contributed by atoms with E-state index in [1.165, 1.54) is 19.4 Å². The largest absolute Gasteiger partial charge is 0.392 e. The number of nitrogens with zero attached hydrogens (tertiary/aromatic N) is 2. The Bertz CT molecular complexity index is 319. The summed E-state index contributed by atoms with van der Waals surface area (Å²) in [6.07, 6.45) is 2.72. The van der Waals surface area contributed by atoms with Crippen LogP contribution in [0.4, 0.5) is 0 Å². The first kappa shape index (κ1) is 17.0. The van der Waals surface area contributed by atoms with E-state index < -0.39 is 0 Å². The highest BCUT2D eigenvalue weighted by Crippen LogP contribution is 2.22. The van der Waals surface area contributed by atoms with Gasteiger partial charge in [-0.25, -0.2) is 0 Å². The van der Waals surface area contributed by atoms with Gasteiger partial charge < -0.3 is 15.3 Å². The lowest BCUT2D eigenvalue weighted by atomic mass is 10.1. The van der Waals surface area contributed by atoms with Crippen LogP contribution < -0.4 is 5.32 Å². The number of carbonyl (C=O) groups is 1. The fraction of sp³-hybridized carbons (Fsp3) is 0.917. The summed E-state index contributed by atoms with van der Waals surface area (Å²) in [5, 5.41) is 12.6. The number of hydrogen-bond donors (Lipinski definition) is 2. The van der Waals surface area contributed by atoms with E-state index in [2.05, 4.69) is 10.2 Å². The lowest BCUT2D eigenvalue weighted by molar-refractivity contribution is -0.135. The Kier molecular flexibility index (Phi) is 6.33. The molecular formula is C12H23Cl2N3O2. The summed E-state index contributed by atoms with van der Waals surface area (Å²) in [4.78, 5) is 16.8. The van der Waals surface area contributed by atoms with Crippen LogP contribution in [0.1, 0.15) is 19.3 Å². The molecule has 2 N–H and O–H groups in total. The molecule has 0 aromatic carbocycles. The Morgan fingerprint density at radius 2 is 2.00 bits per heavy atom. The van der Waals surface area contributed by atoms with Gasteiger partial charge in [0.2, 0.25) is 5.91 Å². The molecule has 1 amide bonds. The van der Waals surface area contributed by atoms with Gasteiger partial charge in [0.15, 0.2) is 0 Å². The quantitative estimate of drug-likeness (QED) is 0.708. The number of carbonyl (C=O) groups excluding carboxylic acids is 1. The molecule has 3 heterocycles. The van der Waals surface area contributed by atoms with Gasteiger partial charge in [0.25, 0.3) is 0 Å². The Hall–Kier alpha value is -0.0700. The van der Waals surface area contributed by atoms with Crippen LogP contribution in [-0.4, -0.2) is 71.7 Å². The van der Waals surface area contributed by atoms with Crippen molar-refractivity contribution in [1.29, 1.82) is 0 Å². The summed E-state index contributed by atoms with van der Waals surface area (Å²) in [5.74, 6) is 0.188. The molecule has 3 aliphatic heterocycles. The van der Waals surface area contributed by atoms with Crippen molar-refractivity contribution in [3.63, 3.8) is 0 Å². The third-order valence-corrected chi connectivity index (χ3v) is 4.30. The summed E-state index contributed by atoms with van der Waals surface area (Å²) < 4.78 is 0. The van der Waals surface area contributed by atoms with Gasteiger partial charge in [-0.3, -0.25) is 9.69 Å². The van der Waals surface area contributed by atoms with Gasteiger partial charge in [-0.15, -0.1) is 24.8 Å². The molecule has 0 aliphatic carbocycles. The van der Waals surface area contributed by atoms with Gasteiger partial charge in [-0.2, -0.15) is 0 Å². The standard InChI is InChI=1S/C12H21N3O2.2ClH/c16-10-6-11(13-7-10)12(17)15-5-4-14-3-1-2-9(14)8-15;;/h9-11,13,16H,1-8H2;2*1H. The first-order valence-electron chi connectivity index (χ1n) is 6.68. The Balaban J connectivity index is 0.000000902. The third-order valence-electron chi connectivity index (χ3n) is 4.30. The smallest absolute Gasteiger partial charge is 0.239 e. The summed E-state index contributed by atoms with van der Waals surface area (Å²) >= 11 is 0. The number of amides is 1. The highest BCUT2D eigenvalue weighted by atomic mass is 35.5. The maximum Gasteiger partial charge on any atom is 0.239 e. The zero-order valence-corrected chi connectivity index (χ0v) is 12.6. The molecule has 0 spiro atoms. The van der Waals surface area contributed by atoms with E-state index in [1.807, 2.05) is 4.90 Å². The Labute approximate surface area is 126 Å². The van der Waals surface area contributed by atoms with Crippen LogP contribution in [0.5, 0.6) is 0 Å². The van der Waals surface area contributed by atoms with Gasteiger partial charge in [0.1, 0.15) is 0 Å². The molecule has 0 aromatic heterocycles. The van der Waals surface area contributed by atoms with Crippen LogP contribution in [0.25, 0.3) is 0 Å². The fourth-order valence-corrected chi connectivity index (χ4v) is 3.32. The molecule has 3 atom stereocenters. The topological polar surface area (TPSA) is 55.8 Å². The molecule has 0 aromatic rings. The number of hydrogen-bond acceptors (Lipinski definition) is 4. The number of piperazine rings is 1. The molecule has 0 radical (unpaired) electrons. The number of aliphatic hydroxyl groups excluding tert-OH is 1. The van der Waals surface area contributed by atoms with E-state index in [1.54, 1.807) is 0 Å². The maximum atomic E-state index is 12.3. The van der Waals surface area contributed by atoms with E-state index >= 15 is 0 Å². The maximum absolute atomic E-state index is 12.3. The predicted octanol–water partition coefficient (Wildman–Crippen LogP) is -0.141. The average molecular weight is 312 g/mol. The average Bonchev–Trinajstić information content (AvgIpc) is 2.95. The van der Waals surface area contributed by atoms with Gasteiger partial charge >= 0.3 is 0 Å². The van der Waals surface area contributed by atoms with Crippen molar-refractivity contribution in [2.24, 2.45) is 0 Å².